The van der Waals surface area contributed by atoms with Crippen LogP contribution in [0.3, 0.4) is 0 Å². The van der Waals surface area contributed by atoms with Crippen LogP contribution in [-0.4, -0.2) is 20.6 Å². The Balaban J connectivity index is 2.30. The molecule has 0 radical (unpaired) electrons. The van der Waals surface area contributed by atoms with Crippen LogP contribution < -0.4 is 0 Å². The van der Waals surface area contributed by atoms with E-state index >= 15 is 0 Å². The van der Waals surface area contributed by atoms with Crippen molar-refractivity contribution in [2.24, 2.45) is 0 Å². The molecule has 3 rings (SSSR count). The molecule has 0 aliphatic carbocycles. The maximum absolute atomic E-state index is 11.2. The molecule has 0 unspecified atom stereocenters. The van der Waals surface area contributed by atoms with E-state index in [0.717, 1.165) is 27.7 Å². The Morgan fingerprint density at radius 3 is 2.48 bits per heavy atom. The Morgan fingerprint density at radius 1 is 1.14 bits per heavy atom. The highest BCUT2D eigenvalue weighted by Crippen LogP contribution is 2.26. The van der Waals surface area contributed by atoms with E-state index in [2.05, 4.69) is 4.98 Å². The van der Waals surface area contributed by atoms with Crippen LogP contribution in [0, 0.1) is 13.8 Å². The van der Waals surface area contributed by atoms with E-state index in [1.807, 2.05) is 56.3 Å². The van der Waals surface area contributed by atoms with Gasteiger partial charge in [-0.15, -0.1) is 0 Å². The average molecular weight is 280 g/mol. The van der Waals surface area contributed by atoms with Gasteiger partial charge in [-0.25, -0.2) is 4.98 Å². The summed E-state index contributed by atoms with van der Waals surface area (Å²) in [7, 11) is 0. The van der Waals surface area contributed by atoms with Gasteiger partial charge in [0.2, 0.25) is 0 Å². The molecule has 2 aromatic carbocycles. The number of nitrogens with zero attached hydrogens (tertiary/aromatic N) is 2. The van der Waals surface area contributed by atoms with Crippen molar-refractivity contribution in [3.8, 4) is 11.4 Å². The monoisotopic (exact) mass is 280 g/mol. The van der Waals surface area contributed by atoms with E-state index in [1.165, 1.54) is 0 Å². The van der Waals surface area contributed by atoms with Gasteiger partial charge in [0, 0.05) is 5.56 Å². The number of carboxylic acid groups (broad SMARTS) is 1. The van der Waals surface area contributed by atoms with Gasteiger partial charge in [0.25, 0.3) is 0 Å². The lowest BCUT2D eigenvalue weighted by atomic mass is 10.1. The van der Waals surface area contributed by atoms with E-state index in [0.29, 0.717) is 5.82 Å². The van der Waals surface area contributed by atoms with Gasteiger partial charge in [-0.3, -0.25) is 4.79 Å². The average Bonchev–Trinajstić information content (AvgIpc) is 2.78. The van der Waals surface area contributed by atoms with Gasteiger partial charge in [-0.2, -0.15) is 0 Å². The predicted molar refractivity (Wildman–Crippen MR) is 82.3 cm³/mol. The first-order valence-electron chi connectivity index (χ1n) is 6.81. The standard InChI is InChI=1S/C17H16N2O2/c1-11-8-14-15(9-12(11)2)19(10-16(20)21)17(18-14)13-6-4-3-5-7-13/h3-9H,10H2,1-2H3,(H,20,21). The zero-order valence-corrected chi connectivity index (χ0v) is 12.0. The molecule has 0 fully saturated rings. The molecule has 1 heterocycles. The van der Waals surface area contributed by atoms with Crippen molar-refractivity contribution < 1.29 is 9.90 Å². The van der Waals surface area contributed by atoms with Crippen molar-refractivity contribution in [2.75, 3.05) is 0 Å². The lowest BCUT2D eigenvalue weighted by Gasteiger charge is -2.07. The SMILES string of the molecule is Cc1cc2nc(-c3ccccc3)n(CC(=O)O)c2cc1C. The second-order valence-corrected chi connectivity index (χ2v) is 5.21. The molecule has 0 saturated carbocycles. The molecule has 0 spiro atoms. The largest absolute Gasteiger partial charge is 0.480 e. The molecule has 21 heavy (non-hydrogen) atoms. The number of hydrogen-bond acceptors (Lipinski definition) is 2. The second-order valence-electron chi connectivity index (χ2n) is 5.21. The molecule has 4 heteroatoms. The second kappa shape index (κ2) is 5.05. The summed E-state index contributed by atoms with van der Waals surface area (Å²) in [6.07, 6.45) is 0. The number of aryl methyl sites for hydroxylation is 2. The third kappa shape index (κ3) is 2.40. The van der Waals surface area contributed by atoms with Crippen LogP contribution in [0.15, 0.2) is 42.5 Å². The fourth-order valence-electron chi connectivity index (χ4n) is 2.48. The van der Waals surface area contributed by atoms with E-state index in [1.54, 1.807) is 4.57 Å². The van der Waals surface area contributed by atoms with Gasteiger partial charge in [-0.05, 0) is 37.1 Å². The van der Waals surface area contributed by atoms with Gasteiger partial charge in [-0.1, -0.05) is 30.3 Å². The summed E-state index contributed by atoms with van der Waals surface area (Å²) in [4.78, 5) is 15.8. The number of carboxylic acids is 1. The third-order valence-corrected chi connectivity index (χ3v) is 3.69. The van der Waals surface area contributed by atoms with Crippen molar-refractivity contribution in [3.05, 3.63) is 53.6 Å². The number of benzene rings is 2. The Bertz CT molecular complexity index is 820. The van der Waals surface area contributed by atoms with Crippen LogP contribution in [0.5, 0.6) is 0 Å². The summed E-state index contributed by atoms with van der Waals surface area (Å²) in [5.74, 6) is -0.178. The van der Waals surface area contributed by atoms with Gasteiger partial charge in [0.15, 0.2) is 0 Å². The molecule has 0 aliphatic rings. The smallest absolute Gasteiger partial charge is 0.323 e. The highest BCUT2D eigenvalue weighted by atomic mass is 16.4. The number of aliphatic carboxylic acids is 1. The van der Waals surface area contributed by atoms with Crippen LogP contribution in [-0.2, 0) is 11.3 Å². The number of hydrogen-bond donors (Lipinski definition) is 1. The minimum absolute atomic E-state index is 0.0940. The summed E-state index contributed by atoms with van der Waals surface area (Å²) in [5, 5.41) is 9.19. The fourth-order valence-corrected chi connectivity index (χ4v) is 2.48. The summed E-state index contributed by atoms with van der Waals surface area (Å²) < 4.78 is 1.76. The number of aromatic nitrogens is 2. The van der Waals surface area contributed by atoms with Crippen molar-refractivity contribution in [2.45, 2.75) is 20.4 Å². The first kappa shape index (κ1) is 13.4. The minimum Gasteiger partial charge on any atom is -0.480 e. The van der Waals surface area contributed by atoms with Crippen LogP contribution >= 0.6 is 0 Å². The van der Waals surface area contributed by atoms with Crippen molar-refractivity contribution in [3.63, 3.8) is 0 Å². The lowest BCUT2D eigenvalue weighted by Crippen LogP contribution is -2.10. The molecular weight excluding hydrogens is 264 g/mol. The van der Waals surface area contributed by atoms with Gasteiger partial charge in [0.1, 0.15) is 12.4 Å². The summed E-state index contributed by atoms with van der Waals surface area (Å²) in [6.45, 7) is 3.96. The zero-order valence-electron chi connectivity index (χ0n) is 12.0. The Morgan fingerprint density at radius 2 is 1.81 bits per heavy atom. The number of imidazole rings is 1. The maximum atomic E-state index is 11.2. The number of carbonyl (C=O) groups is 1. The van der Waals surface area contributed by atoms with Crippen LogP contribution in [0.2, 0.25) is 0 Å². The molecule has 0 amide bonds. The maximum Gasteiger partial charge on any atom is 0.323 e. The summed E-state index contributed by atoms with van der Waals surface area (Å²) in [5.41, 5.74) is 4.90. The third-order valence-electron chi connectivity index (χ3n) is 3.69. The molecule has 0 aliphatic heterocycles. The van der Waals surface area contributed by atoms with Crippen LogP contribution in [0.1, 0.15) is 11.1 Å². The minimum atomic E-state index is -0.871. The molecule has 1 aromatic heterocycles. The van der Waals surface area contributed by atoms with Gasteiger partial charge in [0.05, 0.1) is 11.0 Å². The molecule has 0 saturated heterocycles. The quantitative estimate of drug-likeness (QED) is 0.800. The molecule has 4 nitrogen and oxygen atoms in total. The highest BCUT2D eigenvalue weighted by Gasteiger charge is 2.15. The molecule has 1 N–H and O–H groups in total. The summed E-state index contributed by atoms with van der Waals surface area (Å²) >= 11 is 0. The molecular formula is C17H16N2O2. The van der Waals surface area contributed by atoms with E-state index in [9.17, 15) is 9.90 Å². The molecule has 0 atom stereocenters. The highest BCUT2D eigenvalue weighted by molar-refractivity contribution is 5.84. The van der Waals surface area contributed by atoms with E-state index < -0.39 is 5.97 Å². The molecule has 106 valence electrons. The first-order valence-corrected chi connectivity index (χ1v) is 6.81. The van der Waals surface area contributed by atoms with Crippen molar-refractivity contribution in [1.82, 2.24) is 9.55 Å². The predicted octanol–water partition coefficient (Wildman–Crippen LogP) is 3.40. The Kier molecular flexibility index (Phi) is 3.22. The van der Waals surface area contributed by atoms with E-state index in [-0.39, 0.29) is 6.54 Å². The van der Waals surface area contributed by atoms with Gasteiger partial charge < -0.3 is 9.67 Å². The van der Waals surface area contributed by atoms with Crippen LogP contribution in [0.4, 0.5) is 0 Å². The van der Waals surface area contributed by atoms with Crippen molar-refractivity contribution >= 4 is 17.0 Å². The zero-order chi connectivity index (χ0) is 15.0. The molecule has 3 aromatic rings. The summed E-state index contributed by atoms with van der Waals surface area (Å²) in [6, 6.07) is 13.7. The van der Waals surface area contributed by atoms with Crippen molar-refractivity contribution in [1.29, 1.82) is 0 Å². The Labute approximate surface area is 122 Å². The number of fused-ring (bicyclic) bond motifs is 1. The Hall–Kier alpha value is -2.62. The topological polar surface area (TPSA) is 55.1 Å². The normalized spacial score (nSPS) is 11.0. The number of rotatable bonds is 3. The van der Waals surface area contributed by atoms with Crippen LogP contribution in [0.25, 0.3) is 22.4 Å². The molecule has 0 bridgehead atoms. The first-order chi connectivity index (χ1) is 10.1. The fraction of sp³-hybridized carbons (Fsp3) is 0.176. The van der Waals surface area contributed by atoms with E-state index in [4.69, 9.17) is 0 Å². The van der Waals surface area contributed by atoms with Gasteiger partial charge >= 0.3 is 5.97 Å². The lowest BCUT2D eigenvalue weighted by molar-refractivity contribution is -0.137.